The third-order valence-corrected chi connectivity index (χ3v) is 7.39. The van der Waals surface area contributed by atoms with Crippen LogP contribution in [0.15, 0.2) is 41.3 Å². The van der Waals surface area contributed by atoms with Gasteiger partial charge in [-0.2, -0.15) is 0 Å². The molecule has 0 bridgehead atoms. The fourth-order valence-corrected chi connectivity index (χ4v) is 5.77. The minimum absolute atomic E-state index is 0.0400. The van der Waals surface area contributed by atoms with Gasteiger partial charge >= 0.3 is 0 Å². The first kappa shape index (κ1) is 19.7. The van der Waals surface area contributed by atoms with E-state index < -0.39 is 15.9 Å². The summed E-state index contributed by atoms with van der Waals surface area (Å²) in [6.07, 6.45) is 4.59. The molecule has 2 aromatic carbocycles. The maximum atomic E-state index is 12.9. The molecule has 1 N–H and O–H groups in total. The van der Waals surface area contributed by atoms with E-state index in [9.17, 15) is 18.0 Å². The molecule has 29 heavy (non-hydrogen) atoms. The van der Waals surface area contributed by atoms with Gasteiger partial charge in [0, 0.05) is 31.4 Å². The van der Waals surface area contributed by atoms with Crippen LogP contribution >= 0.6 is 0 Å². The monoisotopic (exact) mass is 415 g/mol. The third-order valence-electron chi connectivity index (χ3n) is 5.59. The van der Waals surface area contributed by atoms with Gasteiger partial charge in [-0.3, -0.25) is 13.9 Å². The van der Waals surface area contributed by atoms with Crippen molar-refractivity contribution >= 4 is 38.3 Å². The molecule has 2 aliphatic rings. The molecule has 0 saturated carbocycles. The second-order valence-electron chi connectivity index (χ2n) is 7.54. The van der Waals surface area contributed by atoms with Gasteiger partial charge < -0.3 is 10.2 Å². The molecule has 0 aliphatic carbocycles. The number of likely N-dealkylation sites (tertiary alicyclic amines) is 1. The Kier molecular flexibility index (Phi) is 5.45. The second-order valence-corrected chi connectivity index (χ2v) is 9.37. The normalized spacial score (nSPS) is 17.9. The van der Waals surface area contributed by atoms with Gasteiger partial charge in [-0.15, -0.1) is 0 Å². The number of hydrogen-bond acceptors (Lipinski definition) is 4. The maximum absolute atomic E-state index is 12.9. The van der Waals surface area contributed by atoms with E-state index in [2.05, 4.69) is 5.32 Å². The number of rotatable bonds is 5. The molecular formula is C21H25N3O4S. The highest BCUT2D eigenvalue weighted by atomic mass is 32.2. The number of sulfonamides is 1. The van der Waals surface area contributed by atoms with Gasteiger partial charge in [0.1, 0.15) is 6.54 Å². The molecule has 0 aromatic heterocycles. The first-order chi connectivity index (χ1) is 14.0. The van der Waals surface area contributed by atoms with Crippen LogP contribution in [0.1, 0.15) is 32.1 Å². The molecule has 2 aliphatic heterocycles. The first-order valence-corrected chi connectivity index (χ1v) is 11.5. The van der Waals surface area contributed by atoms with Gasteiger partial charge in [-0.05, 0) is 30.4 Å². The smallest absolute Gasteiger partial charge is 0.265 e. The number of carbonyl (C=O) groups is 2. The van der Waals surface area contributed by atoms with Crippen molar-refractivity contribution in [3.63, 3.8) is 0 Å². The summed E-state index contributed by atoms with van der Waals surface area (Å²) < 4.78 is 27.0. The van der Waals surface area contributed by atoms with Crippen LogP contribution in [-0.2, 0) is 19.6 Å². The fourth-order valence-electron chi connectivity index (χ4n) is 4.10. The summed E-state index contributed by atoms with van der Waals surface area (Å²) >= 11 is 0. The van der Waals surface area contributed by atoms with Crippen LogP contribution in [0, 0.1) is 0 Å². The van der Waals surface area contributed by atoms with Crippen molar-refractivity contribution in [3.05, 3.63) is 36.4 Å². The number of nitrogens with one attached hydrogen (secondary N) is 1. The fraction of sp³-hybridized carbons (Fsp3) is 0.429. The Morgan fingerprint density at radius 3 is 2.38 bits per heavy atom. The van der Waals surface area contributed by atoms with Crippen LogP contribution < -0.4 is 9.62 Å². The number of nitrogens with zero attached hydrogens (tertiary/aromatic N) is 2. The van der Waals surface area contributed by atoms with E-state index in [0.717, 1.165) is 48.5 Å². The lowest BCUT2D eigenvalue weighted by molar-refractivity contribution is -0.131. The van der Waals surface area contributed by atoms with Crippen molar-refractivity contribution in [2.24, 2.45) is 0 Å². The van der Waals surface area contributed by atoms with Crippen LogP contribution in [0.5, 0.6) is 0 Å². The van der Waals surface area contributed by atoms with Crippen LogP contribution in [0.2, 0.25) is 0 Å². The zero-order valence-electron chi connectivity index (χ0n) is 16.3. The van der Waals surface area contributed by atoms with E-state index in [1.807, 2.05) is 17.0 Å². The summed E-state index contributed by atoms with van der Waals surface area (Å²) in [5.74, 6) is -0.375. The largest absolute Gasteiger partial charge is 0.354 e. The Balaban J connectivity index is 1.38. The molecule has 0 unspecified atom stereocenters. The van der Waals surface area contributed by atoms with Crippen molar-refractivity contribution in [3.8, 4) is 0 Å². The molecule has 2 amide bonds. The molecular weight excluding hydrogens is 390 g/mol. The number of anilines is 1. The molecule has 154 valence electrons. The summed E-state index contributed by atoms with van der Waals surface area (Å²) in [6.45, 7) is 1.47. The highest BCUT2D eigenvalue weighted by Gasteiger charge is 2.36. The maximum Gasteiger partial charge on any atom is 0.265 e. The molecule has 1 saturated heterocycles. The first-order valence-electron chi connectivity index (χ1n) is 10.1. The zero-order valence-corrected chi connectivity index (χ0v) is 17.1. The van der Waals surface area contributed by atoms with E-state index in [1.54, 1.807) is 24.3 Å². The van der Waals surface area contributed by atoms with Gasteiger partial charge in [0.15, 0.2) is 0 Å². The molecule has 7 nitrogen and oxygen atoms in total. The quantitative estimate of drug-likeness (QED) is 0.812. The second kappa shape index (κ2) is 8.02. The van der Waals surface area contributed by atoms with E-state index in [4.69, 9.17) is 0 Å². The summed E-state index contributed by atoms with van der Waals surface area (Å²) in [7, 11) is -3.76. The summed E-state index contributed by atoms with van der Waals surface area (Å²) in [6, 6.07) is 10.5. The molecule has 4 rings (SSSR count). The summed E-state index contributed by atoms with van der Waals surface area (Å²) in [4.78, 5) is 26.8. The van der Waals surface area contributed by atoms with E-state index >= 15 is 0 Å². The van der Waals surface area contributed by atoms with Crippen LogP contribution in [-0.4, -0.2) is 51.3 Å². The van der Waals surface area contributed by atoms with Gasteiger partial charge in [-0.25, -0.2) is 8.42 Å². The van der Waals surface area contributed by atoms with Crippen molar-refractivity contribution in [2.75, 3.05) is 30.5 Å². The van der Waals surface area contributed by atoms with E-state index in [1.165, 1.54) is 0 Å². The lowest BCUT2D eigenvalue weighted by Crippen LogP contribution is -2.40. The molecule has 0 atom stereocenters. The van der Waals surface area contributed by atoms with E-state index in [0.29, 0.717) is 11.1 Å². The van der Waals surface area contributed by atoms with Crippen molar-refractivity contribution < 1.29 is 18.0 Å². The molecule has 2 aromatic rings. The van der Waals surface area contributed by atoms with Gasteiger partial charge in [0.25, 0.3) is 10.0 Å². The molecule has 0 radical (unpaired) electrons. The Morgan fingerprint density at radius 2 is 1.66 bits per heavy atom. The average Bonchev–Trinajstić information content (AvgIpc) is 2.91. The predicted molar refractivity (Wildman–Crippen MR) is 111 cm³/mol. The zero-order chi connectivity index (χ0) is 20.4. The molecule has 1 fully saturated rings. The number of carbonyl (C=O) groups excluding carboxylic acids is 2. The van der Waals surface area contributed by atoms with Crippen LogP contribution in [0.3, 0.4) is 0 Å². The highest BCUT2D eigenvalue weighted by Crippen LogP contribution is 2.41. The Bertz CT molecular complexity index is 1040. The van der Waals surface area contributed by atoms with Crippen LogP contribution in [0.25, 0.3) is 10.8 Å². The van der Waals surface area contributed by atoms with Crippen molar-refractivity contribution in [1.29, 1.82) is 0 Å². The van der Waals surface area contributed by atoms with Crippen LogP contribution in [0.4, 0.5) is 5.69 Å². The average molecular weight is 416 g/mol. The van der Waals surface area contributed by atoms with E-state index in [-0.39, 0.29) is 30.3 Å². The van der Waals surface area contributed by atoms with Gasteiger partial charge in [0.05, 0.1) is 10.6 Å². The standard InChI is InChI=1S/C21H25N3O4S/c25-19(22-12-11-20(26)23-13-3-1-2-4-14-23)15-24-17-9-5-7-16-8-6-10-18(21(16)17)29(24,27)28/h5-10H,1-4,11-15H2,(H,22,25). The number of hydrogen-bond donors (Lipinski definition) is 1. The topological polar surface area (TPSA) is 86.8 Å². The highest BCUT2D eigenvalue weighted by molar-refractivity contribution is 7.93. The lowest BCUT2D eigenvalue weighted by Gasteiger charge is -2.21. The minimum Gasteiger partial charge on any atom is -0.354 e. The molecule has 0 spiro atoms. The number of benzene rings is 2. The Morgan fingerprint density at radius 1 is 0.966 bits per heavy atom. The minimum atomic E-state index is -3.76. The van der Waals surface area contributed by atoms with Gasteiger partial charge in [0.2, 0.25) is 11.8 Å². The summed E-state index contributed by atoms with van der Waals surface area (Å²) in [5, 5.41) is 4.18. The molecule has 8 heteroatoms. The SMILES string of the molecule is O=C(CN1c2cccc3cccc(c23)S1(=O)=O)NCCC(=O)N1CCCCCC1. The lowest BCUT2D eigenvalue weighted by atomic mass is 10.1. The Hall–Kier alpha value is -2.61. The van der Waals surface area contributed by atoms with Crippen molar-refractivity contribution in [2.45, 2.75) is 37.0 Å². The summed E-state index contributed by atoms with van der Waals surface area (Å²) in [5.41, 5.74) is 0.522. The number of amides is 2. The Labute approximate surface area is 170 Å². The predicted octanol–water partition coefficient (Wildman–Crippen LogP) is 2.26. The molecule has 2 heterocycles. The van der Waals surface area contributed by atoms with Gasteiger partial charge in [-0.1, -0.05) is 37.1 Å². The third kappa shape index (κ3) is 3.81. The van der Waals surface area contributed by atoms with Crippen molar-refractivity contribution in [1.82, 2.24) is 10.2 Å².